The van der Waals surface area contributed by atoms with Gasteiger partial charge in [-0.2, -0.15) is 5.10 Å². The van der Waals surface area contributed by atoms with Gasteiger partial charge in [-0.3, -0.25) is 4.68 Å². The smallest absolute Gasteiger partial charge is 0.129 e. The van der Waals surface area contributed by atoms with E-state index >= 15 is 0 Å². The summed E-state index contributed by atoms with van der Waals surface area (Å²) in [5, 5.41) is 7.48. The summed E-state index contributed by atoms with van der Waals surface area (Å²) >= 11 is 0. The summed E-state index contributed by atoms with van der Waals surface area (Å²) < 4.78 is 1.82. The first kappa shape index (κ1) is 12.5. The Kier molecular flexibility index (Phi) is 3.92. The molecule has 5 nitrogen and oxygen atoms in total. The summed E-state index contributed by atoms with van der Waals surface area (Å²) in [5.41, 5.74) is 2.30. The van der Waals surface area contributed by atoms with Gasteiger partial charge < -0.3 is 5.32 Å². The summed E-state index contributed by atoms with van der Waals surface area (Å²) in [7, 11) is 1.93. The van der Waals surface area contributed by atoms with E-state index in [9.17, 15) is 0 Å². The largest absolute Gasteiger partial charge is 0.370 e. The minimum Gasteiger partial charge on any atom is -0.370 e. The highest BCUT2D eigenvalue weighted by Crippen LogP contribution is 2.07. The molecule has 5 heteroatoms. The number of nitrogens with one attached hydrogen (secondary N) is 1. The molecular formula is C13H19N5. The van der Waals surface area contributed by atoms with Gasteiger partial charge in [0, 0.05) is 31.5 Å². The molecule has 0 saturated carbocycles. The number of rotatable bonds is 5. The average Bonchev–Trinajstić information content (AvgIpc) is 2.74. The van der Waals surface area contributed by atoms with Crippen LogP contribution in [0.5, 0.6) is 0 Å². The van der Waals surface area contributed by atoms with Gasteiger partial charge in [-0.1, -0.05) is 6.92 Å². The molecule has 0 aliphatic heterocycles. The van der Waals surface area contributed by atoms with Crippen LogP contribution in [0.2, 0.25) is 0 Å². The van der Waals surface area contributed by atoms with Crippen LogP contribution < -0.4 is 5.32 Å². The molecule has 2 heterocycles. The number of anilines is 1. The van der Waals surface area contributed by atoms with Crippen molar-refractivity contribution in [3.8, 4) is 0 Å². The quantitative estimate of drug-likeness (QED) is 0.871. The summed E-state index contributed by atoms with van der Waals surface area (Å²) in [6.45, 7) is 4.87. The van der Waals surface area contributed by atoms with Gasteiger partial charge in [-0.15, -0.1) is 0 Å². The first-order valence-corrected chi connectivity index (χ1v) is 6.23. The third-order valence-corrected chi connectivity index (χ3v) is 2.73. The van der Waals surface area contributed by atoms with E-state index in [0.29, 0.717) is 0 Å². The lowest BCUT2D eigenvalue weighted by atomic mass is 10.2. The molecule has 2 aromatic rings. The standard InChI is InChI=1S/C13H19N5/c1-4-12-7-13(17-10(2)16-12)14-6-5-11-8-15-18(3)9-11/h7-9H,4-6H2,1-3H3,(H,14,16,17). The number of nitrogens with zero attached hydrogens (tertiary/aromatic N) is 4. The van der Waals surface area contributed by atoms with Crippen molar-refractivity contribution in [1.82, 2.24) is 19.7 Å². The van der Waals surface area contributed by atoms with Gasteiger partial charge in [0.15, 0.2) is 0 Å². The van der Waals surface area contributed by atoms with Gasteiger partial charge in [0.25, 0.3) is 0 Å². The topological polar surface area (TPSA) is 55.6 Å². The predicted molar refractivity (Wildman–Crippen MR) is 71.5 cm³/mol. The van der Waals surface area contributed by atoms with Gasteiger partial charge in [0.2, 0.25) is 0 Å². The summed E-state index contributed by atoms with van der Waals surface area (Å²) in [5.74, 6) is 1.72. The Morgan fingerprint density at radius 2 is 2.17 bits per heavy atom. The highest BCUT2D eigenvalue weighted by molar-refractivity contribution is 5.36. The molecular weight excluding hydrogens is 226 g/mol. The van der Waals surface area contributed by atoms with E-state index in [1.807, 2.05) is 37.1 Å². The van der Waals surface area contributed by atoms with Crippen molar-refractivity contribution in [3.63, 3.8) is 0 Å². The molecule has 0 atom stereocenters. The Morgan fingerprint density at radius 1 is 1.33 bits per heavy atom. The first-order chi connectivity index (χ1) is 8.67. The van der Waals surface area contributed by atoms with Crippen LogP contribution in [0.4, 0.5) is 5.82 Å². The van der Waals surface area contributed by atoms with Crippen molar-refractivity contribution in [1.29, 1.82) is 0 Å². The van der Waals surface area contributed by atoms with E-state index in [4.69, 9.17) is 0 Å². The van der Waals surface area contributed by atoms with E-state index in [1.54, 1.807) is 0 Å². The molecule has 96 valence electrons. The second kappa shape index (κ2) is 5.62. The van der Waals surface area contributed by atoms with Crippen LogP contribution in [0, 0.1) is 6.92 Å². The van der Waals surface area contributed by atoms with Gasteiger partial charge in [-0.05, 0) is 25.3 Å². The van der Waals surface area contributed by atoms with Crippen molar-refractivity contribution in [2.24, 2.45) is 7.05 Å². The Morgan fingerprint density at radius 3 is 2.83 bits per heavy atom. The molecule has 0 saturated heterocycles. The molecule has 0 spiro atoms. The minimum absolute atomic E-state index is 0.818. The molecule has 0 bridgehead atoms. The zero-order valence-corrected chi connectivity index (χ0v) is 11.1. The van der Waals surface area contributed by atoms with Crippen LogP contribution in [-0.2, 0) is 19.9 Å². The maximum Gasteiger partial charge on any atom is 0.129 e. The van der Waals surface area contributed by atoms with E-state index in [1.165, 1.54) is 5.56 Å². The highest BCUT2D eigenvalue weighted by Gasteiger charge is 2.01. The van der Waals surface area contributed by atoms with Crippen molar-refractivity contribution in [2.75, 3.05) is 11.9 Å². The third-order valence-electron chi connectivity index (χ3n) is 2.73. The van der Waals surface area contributed by atoms with Gasteiger partial charge >= 0.3 is 0 Å². The van der Waals surface area contributed by atoms with E-state index in [2.05, 4.69) is 27.3 Å². The van der Waals surface area contributed by atoms with Crippen LogP contribution in [0.3, 0.4) is 0 Å². The monoisotopic (exact) mass is 245 g/mol. The van der Waals surface area contributed by atoms with Crippen LogP contribution in [0.1, 0.15) is 24.0 Å². The number of hydrogen-bond acceptors (Lipinski definition) is 4. The molecule has 0 fully saturated rings. The fourth-order valence-electron chi connectivity index (χ4n) is 1.84. The van der Waals surface area contributed by atoms with Gasteiger partial charge in [-0.25, -0.2) is 9.97 Å². The third kappa shape index (κ3) is 3.29. The van der Waals surface area contributed by atoms with Crippen LogP contribution in [0.15, 0.2) is 18.5 Å². The first-order valence-electron chi connectivity index (χ1n) is 6.23. The Labute approximate surface area is 107 Å². The van der Waals surface area contributed by atoms with Crippen molar-refractivity contribution in [2.45, 2.75) is 26.7 Å². The van der Waals surface area contributed by atoms with E-state index in [-0.39, 0.29) is 0 Å². The van der Waals surface area contributed by atoms with Gasteiger partial charge in [0.05, 0.1) is 6.20 Å². The van der Waals surface area contributed by atoms with Crippen LogP contribution in [-0.4, -0.2) is 26.3 Å². The Bertz CT molecular complexity index is 518. The van der Waals surface area contributed by atoms with E-state index in [0.717, 1.165) is 36.7 Å². The second-order valence-electron chi connectivity index (χ2n) is 4.34. The molecule has 2 aromatic heterocycles. The molecule has 0 radical (unpaired) electrons. The molecule has 0 amide bonds. The Hall–Kier alpha value is -1.91. The summed E-state index contributed by atoms with van der Waals surface area (Å²) in [6.07, 6.45) is 5.80. The maximum absolute atomic E-state index is 4.38. The minimum atomic E-state index is 0.818. The number of aromatic nitrogens is 4. The fraction of sp³-hybridized carbons (Fsp3) is 0.462. The molecule has 2 rings (SSSR count). The van der Waals surface area contributed by atoms with Crippen molar-refractivity contribution < 1.29 is 0 Å². The zero-order chi connectivity index (χ0) is 13.0. The molecule has 0 aromatic carbocycles. The molecule has 18 heavy (non-hydrogen) atoms. The SMILES string of the molecule is CCc1cc(NCCc2cnn(C)c2)nc(C)n1. The molecule has 0 aliphatic carbocycles. The second-order valence-corrected chi connectivity index (χ2v) is 4.34. The van der Waals surface area contributed by atoms with Gasteiger partial charge in [0.1, 0.15) is 11.6 Å². The van der Waals surface area contributed by atoms with Crippen LogP contribution >= 0.6 is 0 Å². The number of aryl methyl sites for hydroxylation is 3. The van der Waals surface area contributed by atoms with E-state index < -0.39 is 0 Å². The summed E-state index contributed by atoms with van der Waals surface area (Å²) in [4.78, 5) is 8.73. The lowest BCUT2D eigenvalue weighted by Crippen LogP contribution is -2.08. The molecule has 0 unspecified atom stereocenters. The number of hydrogen-bond donors (Lipinski definition) is 1. The van der Waals surface area contributed by atoms with Crippen LogP contribution in [0.25, 0.3) is 0 Å². The Balaban J connectivity index is 1.91. The summed E-state index contributed by atoms with van der Waals surface area (Å²) in [6, 6.07) is 2.01. The fourth-order valence-corrected chi connectivity index (χ4v) is 1.84. The highest BCUT2D eigenvalue weighted by atomic mass is 15.2. The maximum atomic E-state index is 4.38. The van der Waals surface area contributed by atoms with Crippen molar-refractivity contribution in [3.05, 3.63) is 35.5 Å². The lowest BCUT2D eigenvalue weighted by molar-refractivity contribution is 0.767. The average molecular weight is 245 g/mol. The molecule has 1 N–H and O–H groups in total. The normalized spacial score (nSPS) is 10.6. The van der Waals surface area contributed by atoms with Crippen molar-refractivity contribution >= 4 is 5.82 Å². The predicted octanol–water partition coefficient (Wildman–Crippen LogP) is 1.74. The lowest BCUT2D eigenvalue weighted by Gasteiger charge is -2.07. The molecule has 0 aliphatic rings. The zero-order valence-electron chi connectivity index (χ0n) is 11.1.